The maximum absolute atomic E-state index is 13.2. The van der Waals surface area contributed by atoms with E-state index in [4.69, 9.17) is 9.47 Å². The molecule has 1 unspecified atom stereocenters. The van der Waals surface area contributed by atoms with Crippen LogP contribution in [-0.2, 0) is 11.3 Å². The van der Waals surface area contributed by atoms with E-state index in [1.54, 1.807) is 30.7 Å². The van der Waals surface area contributed by atoms with Crippen LogP contribution in [0.2, 0.25) is 0 Å². The Balaban J connectivity index is 1.67. The number of pyridine rings is 1. The average molecular weight is 408 g/mol. The molecule has 30 heavy (non-hydrogen) atoms. The Labute approximate surface area is 174 Å². The summed E-state index contributed by atoms with van der Waals surface area (Å²) >= 11 is 0. The van der Waals surface area contributed by atoms with Gasteiger partial charge in [-0.2, -0.15) is 5.10 Å². The van der Waals surface area contributed by atoms with Crippen molar-refractivity contribution >= 4 is 16.7 Å². The van der Waals surface area contributed by atoms with E-state index < -0.39 is 0 Å². The number of likely N-dealkylation sites (tertiary alicyclic amines) is 1. The number of nitrogens with zero attached hydrogens (tertiary/aromatic N) is 4. The number of benzene rings is 1. The van der Waals surface area contributed by atoms with Crippen LogP contribution in [0.5, 0.6) is 11.5 Å². The van der Waals surface area contributed by atoms with E-state index in [0.717, 1.165) is 24.8 Å². The molecular weight excluding hydrogens is 384 g/mol. The summed E-state index contributed by atoms with van der Waals surface area (Å²) in [4.78, 5) is 32.3. The van der Waals surface area contributed by atoms with Crippen LogP contribution in [-0.4, -0.2) is 46.3 Å². The molecule has 1 saturated heterocycles. The minimum atomic E-state index is -0.383. The van der Waals surface area contributed by atoms with E-state index >= 15 is 0 Å². The molecule has 4 rings (SSSR count). The van der Waals surface area contributed by atoms with E-state index in [1.807, 2.05) is 17.0 Å². The van der Waals surface area contributed by atoms with Crippen LogP contribution in [0.4, 0.5) is 0 Å². The Bertz CT molecular complexity index is 1110. The zero-order chi connectivity index (χ0) is 21.1. The third-order valence-electron chi connectivity index (χ3n) is 5.54. The predicted octanol–water partition coefficient (Wildman–Crippen LogP) is 2.56. The van der Waals surface area contributed by atoms with Gasteiger partial charge in [-0.1, -0.05) is 6.07 Å². The molecule has 8 heteroatoms. The largest absolute Gasteiger partial charge is 0.493 e. The Morgan fingerprint density at radius 2 is 2.03 bits per heavy atom. The maximum atomic E-state index is 13.2. The fraction of sp³-hybridized carbons (Fsp3) is 0.364. The summed E-state index contributed by atoms with van der Waals surface area (Å²) in [6, 6.07) is 7.30. The van der Waals surface area contributed by atoms with Gasteiger partial charge >= 0.3 is 0 Å². The third-order valence-corrected chi connectivity index (χ3v) is 5.54. The first kappa shape index (κ1) is 19.9. The fourth-order valence-corrected chi connectivity index (χ4v) is 4.07. The summed E-state index contributed by atoms with van der Waals surface area (Å²) in [5, 5.41) is 5.20. The van der Waals surface area contributed by atoms with Crippen molar-refractivity contribution in [3.63, 3.8) is 0 Å². The molecular formula is C22H24N4O4. The zero-order valence-electron chi connectivity index (χ0n) is 17.1. The fourth-order valence-electron chi connectivity index (χ4n) is 4.07. The Hall–Kier alpha value is -3.42. The Morgan fingerprint density at radius 3 is 2.77 bits per heavy atom. The number of carbonyl (C=O) groups excluding carboxylic acids is 1. The quantitative estimate of drug-likeness (QED) is 0.645. The van der Waals surface area contributed by atoms with Crippen LogP contribution >= 0.6 is 0 Å². The number of piperidine rings is 1. The molecule has 0 N–H and O–H groups in total. The standard InChI is InChI=1S/C22H24N4O4/c1-29-18-9-8-16-13-24-26(22(28)20(16)21(18)30-2)14-19(27)25-11-4-3-7-17(25)15-6-5-10-23-12-15/h5-6,8-10,12-13,17H,3-4,7,11,14H2,1-2H3. The van der Waals surface area contributed by atoms with Crippen LogP contribution in [0.25, 0.3) is 10.8 Å². The molecule has 0 aliphatic carbocycles. The van der Waals surface area contributed by atoms with E-state index in [-0.39, 0.29) is 24.1 Å². The van der Waals surface area contributed by atoms with E-state index in [2.05, 4.69) is 10.1 Å². The summed E-state index contributed by atoms with van der Waals surface area (Å²) in [5.74, 6) is 0.660. The number of hydrogen-bond donors (Lipinski definition) is 0. The highest BCUT2D eigenvalue weighted by atomic mass is 16.5. The number of fused-ring (bicyclic) bond motifs is 1. The molecule has 0 spiro atoms. The van der Waals surface area contributed by atoms with Gasteiger partial charge in [0.1, 0.15) is 6.54 Å². The second-order valence-electron chi connectivity index (χ2n) is 7.26. The third kappa shape index (κ3) is 3.60. The van der Waals surface area contributed by atoms with Gasteiger partial charge < -0.3 is 14.4 Å². The minimum absolute atomic E-state index is 0.0364. The Morgan fingerprint density at radius 1 is 1.17 bits per heavy atom. The lowest BCUT2D eigenvalue weighted by Crippen LogP contribution is -2.42. The van der Waals surface area contributed by atoms with Gasteiger partial charge in [0.05, 0.1) is 31.8 Å². The lowest BCUT2D eigenvalue weighted by atomic mass is 9.96. The van der Waals surface area contributed by atoms with Crippen molar-refractivity contribution in [1.82, 2.24) is 19.7 Å². The molecule has 0 radical (unpaired) electrons. The number of rotatable bonds is 5. The van der Waals surface area contributed by atoms with E-state index in [9.17, 15) is 9.59 Å². The molecule has 1 aromatic carbocycles. The van der Waals surface area contributed by atoms with Crippen LogP contribution in [0.1, 0.15) is 30.9 Å². The summed E-state index contributed by atoms with van der Waals surface area (Å²) in [6.07, 6.45) is 7.96. The number of amides is 1. The highest BCUT2D eigenvalue weighted by Gasteiger charge is 2.28. The van der Waals surface area contributed by atoms with Crippen molar-refractivity contribution in [2.45, 2.75) is 31.8 Å². The van der Waals surface area contributed by atoms with Crippen molar-refractivity contribution in [2.24, 2.45) is 0 Å². The van der Waals surface area contributed by atoms with Crippen molar-refractivity contribution in [2.75, 3.05) is 20.8 Å². The summed E-state index contributed by atoms with van der Waals surface area (Å²) in [5.41, 5.74) is 0.627. The van der Waals surface area contributed by atoms with Crippen LogP contribution in [0.15, 0.2) is 47.7 Å². The molecule has 1 fully saturated rings. The van der Waals surface area contributed by atoms with Crippen LogP contribution in [0, 0.1) is 0 Å². The first-order valence-electron chi connectivity index (χ1n) is 9.94. The Kier molecular flexibility index (Phi) is 5.65. The van der Waals surface area contributed by atoms with Crippen molar-refractivity contribution in [3.05, 3.63) is 58.8 Å². The summed E-state index contributed by atoms with van der Waals surface area (Å²) in [6.45, 7) is 0.518. The van der Waals surface area contributed by atoms with Gasteiger partial charge in [-0.05, 0) is 43.0 Å². The number of hydrogen-bond acceptors (Lipinski definition) is 6. The average Bonchev–Trinajstić information content (AvgIpc) is 2.80. The van der Waals surface area contributed by atoms with E-state index in [1.165, 1.54) is 18.9 Å². The lowest BCUT2D eigenvalue weighted by molar-refractivity contribution is -0.136. The van der Waals surface area contributed by atoms with Gasteiger partial charge in [0.2, 0.25) is 5.91 Å². The summed E-state index contributed by atoms with van der Waals surface area (Å²) in [7, 11) is 3.00. The molecule has 0 saturated carbocycles. The first-order chi connectivity index (χ1) is 14.6. The molecule has 3 heterocycles. The molecule has 0 bridgehead atoms. The SMILES string of the molecule is COc1ccc2cnn(CC(=O)N3CCCCC3c3cccnc3)c(=O)c2c1OC. The van der Waals surface area contributed by atoms with Crippen molar-refractivity contribution in [3.8, 4) is 11.5 Å². The molecule has 1 amide bonds. The maximum Gasteiger partial charge on any atom is 0.279 e. The normalized spacial score (nSPS) is 16.5. The smallest absolute Gasteiger partial charge is 0.279 e. The second kappa shape index (κ2) is 8.52. The van der Waals surface area contributed by atoms with Gasteiger partial charge in [-0.15, -0.1) is 0 Å². The van der Waals surface area contributed by atoms with Crippen molar-refractivity contribution in [1.29, 1.82) is 0 Å². The van der Waals surface area contributed by atoms with E-state index in [0.29, 0.717) is 28.8 Å². The number of aromatic nitrogens is 3. The van der Waals surface area contributed by atoms with Gasteiger partial charge in [0.15, 0.2) is 11.5 Å². The highest BCUT2D eigenvalue weighted by molar-refractivity contribution is 5.89. The highest BCUT2D eigenvalue weighted by Crippen LogP contribution is 2.33. The molecule has 3 aromatic rings. The second-order valence-corrected chi connectivity index (χ2v) is 7.26. The van der Waals surface area contributed by atoms with Gasteiger partial charge in [-0.25, -0.2) is 4.68 Å². The number of carbonyl (C=O) groups is 1. The topological polar surface area (TPSA) is 86.6 Å². The molecule has 156 valence electrons. The summed E-state index contributed by atoms with van der Waals surface area (Å²) < 4.78 is 11.9. The predicted molar refractivity (Wildman–Crippen MR) is 112 cm³/mol. The monoisotopic (exact) mass is 408 g/mol. The first-order valence-corrected chi connectivity index (χ1v) is 9.94. The number of ether oxygens (including phenoxy) is 2. The molecule has 2 aromatic heterocycles. The number of methoxy groups -OCH3 is 2. The molecule has 8 nitrogen and oxygen atoms in total. The minimum Gasteiger partial charge on any atom is -0.493 e. The van der Waals surface area contributed by atoms with Gasteiger partial charge in [-0.3, -0.25) is 14.6 Å². The van der Waals surface area contributed by atoms with Crippen molar-refractivity contribution < 1.29 is 14.3 Å². The molecule has 1 aliphatic rings. The van der Waals surface area contributed by atoms with Crippen LogP contribution < -0.4 is 15.0 Å². The van der Waals surface area contributed by atoms with Gasteiger partial charge in [0, 0.05) is 24.3 Å². The molecule has 1 aliphatic heterocycles. The lowest BCUT2D eigenvalue weighted by Gasteiger charge is -2.36. The molecule has 1 atom stereocenters. The van der Waals surface area contributed by atoms with Gasteiger partial charge in [0.25, 0.3) is 5.56 Å². The van der Waals surface area contributed by atoms with Crippen LogP contribution in [0.3, 0.4) is 0 Å². The zero-order valence-corrected chi connectivity index (χ0v) is 17.1.